The number of benzene rings is 1. The molecular formula is C15H17N3O2S. The summed E-state index contributed by atoms with van der Waals surface area (Å²) >= 11 is 1.48. The van der Waals surface area contributed by atoms with Crippen LogP contribution in [0.4, 0.5) is 5.69 Å². The summed E-state index contributed by atoms with van der Waals surface area (Å²) in [6, 6.07) is 9.07. The molecule has 21 heavy (non-hydrogen) atoms. The van der Waals surface area contributed by atoms with Gasteiger partial charge in [0, 0.05) is 42.1 Å². The van der Waals surface area contributed by atoms with E-state index < -0.39 is 5.91 Å². The van der Waals surface area contributed by atoms with E-state index in [9.17, 15) is 9.59 Å². The third-order valence-corrected chi connectivity index (χ3v) is 3.88. The summed E-state index contributed by atoms with van der Waals surface area (Å²) < 4.78 is 0. The van der Waals surface area contributed by atoms with Crippen molar-refractivity contribution < 1.29 is 9.59 Å². The first-order chi connectivity index (χ1) is 9.97. The molecule has 0 fully saturated rings. The van der Waals surface area contributed by atoms with E-state index in [4.69, 9.17) is 5.73 Å². The Morgan fingerprint density at radius 1 is 1.19 bits per heavy atom. The van der Waals surface area contributed by atoms with E-state index in [1.807, 2.05) is 12.1 Å². The number of hydrogen-bond donors (Lipinski definition) is 2. The molecule has 2 aromatic rings. The first kappa shape index (κ1) is 15.1. The number of rotatable bonds is 5. The van der Waals surface area contributed by atoms with Gasteiger partial charge in [-0.3, -0.25) is 9.59 Å². The number of nitrogens with zero attached hydrogens (tertiary/aromatic N) is 1. The smallest absolute Gasteiger partial charge is 0.253 e. The van der Waals surface area contributed by atoms with Crippen LogP contribution in [0.3, 0.4) is 0 Å². The summed E-state index contributed by atoms with van der Waals surface area (Å²) in [7, 11) is 3.45. The molecule has 0 bridgehead atoms. The highest BCUT2D eigenvalue weighted by Crippen LogP contribution is 2.17. The number of primary amides is 1. The summed E-state index contributed by atoms with van der Waals surface area (Å²) in [5.41, 5.74) is 7.31. The Balaban J connectivity index is 1.97. The second-order valence-electron chi connectivity index (χ2n) is 4.80. The minimum absolute atomic E-state index is 0.0223. The van der Waals surface area contributed by atoms with Crippen LogP contribution in [0.25, 0.3) is 0 Å². The molecule has 3 N–H and O–H groups in total. The van der Waals surface area contributed by atoms with Gasteiger partial charge in [0.1, 0.15) is 0 Å². The first-order valence-electron chi connectivity index (χ1n) is 6.40. The van der Waals surface area contributed by atoms with Gasteiger partial charge in [-0.2, -0.15) is 0 Å². The van der Waals surface area contributed by atoms with E-state index in [1.165, 1.54) is 11.3 Å². The summed E-state index contributed by atoms with van der Waals surface area (Å²) in [5, 5.41) is 4.99. The van der Waals surface area contributed by atoms with Crippen molar-refractivity contribution >= 4 is 28.8 Å². The van der Waals surface area contributed by atoms with Crippen molar-refractivity contribution in [2.24, 2.45) is 5.73 Å². The van der Waals surface area contributed by atoms with Gasteiger partial charge in [-0.25, -0.2) is 0 Å². The molecular weight excluding hydrogens is 286 g/mol. The molecule has 0 saturated carbocycles. The highest BCUT2D eigenvalue weighted by atomic mass is 32.1. The molecule has 6 heteroatoms. The van der Waals surface area contributed by atoms with Crippen molar-refractivity contribution in [1.82, 2.24) is 4.90 Å². The lowest BCUT2D eigenvalue weighted by Gasteiger charge is -2.11. The second-order valence-corrected chi connectivity index (χ2v) is 5.79. The molecule has 1 heterocycles. The quantitative estimate of drug-likeness (QED) is 0.888. The van der Waals surface area contributed by atoms with Crippen LogP contribution in [-0.4, -0.2) is 30.8 Å². The average Bonchev–Trinajstić information content (AvgIpc) is 2.94. The van der Waals surface area contributed by atoms with E-state index in [-0.39, 0.29) is 5.91 Å². The SMILES string of the molecule is CN(C)C(=O)c1ccc(NCc2cc(C(N)=O)cs2)cc1. The molecule has 2 rings (SSSR count). The Bertz CT molecular complexity index is 647. The van der Waals surface area contributed by atoms with Crippen LogP contribution in [0.2, 0.25) is 0 Å². The largest absolute Gasteiger partial charge is 0.380 e. The molecule has 0 spiro atoms. The van der Waals surface area contributed by atoms with Crippen LogP contribution >= 0.6 is 11.3 Å². The zero-order chi connectivity index (χ0) is 15.4. The number of amides is 2. The third-order valence-electron chi connectivity index (χ3n) is 2.94. The average molecular weight is 303 g/mol. The van der Waals surface area contributed by atoms with Gasteiger partial charge in [0.15, 0.2) is 0 Å². The molecule has 1 aromatic heterocycles. The van der Waals surface area contributed by atoms with Gasteiger partial charge in [0.05, 0.1) is 5.56 Å². The van der Waals surface area contributed by atoms with Crippen LogP contribution in [0.1, 0.15) is 25.6 Å². The van der Waals surface area contributed by atoms with E-state index in [2.05, 4.69) is 5.32 Å². The molecule has 0 unspecified atom stereocenters. The second kappa shape index (κ2) is 6.41. The lowest BCUT2D eigenvalue weighted by Crippen LogP contribution is -2.21. The molecule has 2 amide bonds. The summed E-state index contributed by atoms with van der Waals surface area (Å²) in [5.74, 6) is -0.435. The molecule has 0 aliphatic heterocycles. The molecule has 0 aliphatic rings. The zero-order valence-electron chi connectivity index (χ0n) is 11.9. The van der Waals surface area contributed by atoms with Gasteiger partial charge in [-0.15, -0.1) is 11.3 Å². The Morgan fingerprint density at radius 2 is 1.86 bits per heavy atom. The normalized spacial score (nSPS) is 10.2. The maximum absolute atomic E-state index is 11.8. The van der Waals surface area contributed by atoms with E-state index in [0.29, 0.717) is 17.7 Å². The zero-order valence-corrected chi connectivity index (χ0v) is 12.7. The number of carbonyl (C=O) groups is 2. The molecule has 0 atom stereocenters. The molecule has 5 nitrogen and oxygen atoms in total. The fourth-order valence-corrected chi connectivity index (χ4v) is 2.59. The minimum atomic E-state index is -0.413. The highest BCUT2D eigenvalue weighted by molar-refractivity contribution is 7.10. The van der Waals surface area contributed by atoms with Gasteiger partial charge < -0.3 is 16.0 Å². The van der Waals surface area contributed by atoms with Gasteiger partial charge in [-0.05, 0) is 30.3 Å². The number of thiophene rings is 1. The molecule has 110 valence electrons. The fraction of sp³-hybridized carbons (Fsp3) is 0.200. The van der Waals surface area contributed by atoms with Gasteiger partial charge in [0.25, 0.3) is 5.91 Å². The molecule has 0 radical (unpaired) electrons. The maximum Gasteiger partial charge on any atom is 0.253 e. The Labute approximate surface area is 127 Å². The molecule has 1 aromatic carbocycles. The van der Waals surface area contributed by atoms with Crippen molar-refractivity contribution in [2.45, 2.75) is 6.54 Å². The Hall–Kier alpha value is -2.34. The number of anilines is 1. The number of carbonyl (C=O) groups excluding carboxylic acids is 2. The summed E-state index contributed by atoms with van der Waals surface area (Å²) in [4.78, 5) is 25.3. The standard InChI is InChI=1S/C15H17N3O2S/c1-18(2)15(20)10-3-5-12(6-4-10)17-8-13-7-11(9-21-13)14(16)19/h3-7,9,17H,8H2,1-2H3,(H2,16,19). The van der Waals surface area contributed by atoms with Gasteiger partial charge in [-0.1, -0.05) is 0 Å². The Kier molecular flexibility index (Phi) is 4.59. The highest BCUT2D eigenvalue weighted by Gasteiger charge is 2.07. The number of hydrogen-bond acceptors (Lipinski definition) is 4. The van der Waals surface area contributed by atoms with E-state index >= 15 is 0 Å². The molecule has 0 aliphatic carbocycles. The van der Waals surface area contributed by atoms with Crippen LogP contribution in [0.5, 0.6) is 0 Å². The van der Waals surface area contributed by atoms with Crippen molar-refractivity contribution in [2.75, 3.05) is 19.4 Å². The Morgan fingerprint density at radius 3 is 2.38 bits per heavy atom. The number of nitrogens with one attached hydrogen (secondary N) is 1. The lowest BCUT2D eigenvalue weighted by atomic mass is 10.2. The van der Waals surface area contributed by atoms with Crippen LogP contribution in [0.15, 0.2) is 35.7 Å². The van der Waals surface area contributed by atoms with Crippen molar-refractivity contribution in [3.63, 3.8) is 0 Å². The molecule has 0 saturated heterocycles. The monoisotopic (exact) mass is 303 g/mol. The van der Waals surface area contributed by atoms with Crippen molar-refractivity contribution in [1.29, 1.82) is 0 Å². The topological polar surface area (TPSA) is 75.4 Å². The van der Waals surface area contributed by atoms with E-state index in [0.717, 1.165) is 10.6 Å². The van der Waals surface area contributed by atoms with Crippen LogP contribution in [0, 0.1) is 0 Å². The predicted octanol–water partition coefficient (Wildman–Crippen LogP) is 2.16. The van der Waals surface area contributed by atoms with Gasteiger partial charge >= 0.3 is 0 Å². The fourth-order valence-electron chi connectivity index (χ4n) is 1.78. The summed E-state index contributed by atoms with van der Waals surface area (Å²) in [6.45, 7) is 0.610. The van der Waals surface area contributed by atoms with Crippen LogP contribution in [-0.2, 0) is 6.54 Å². The van der Waals surface area contributed by atoms with Crippen LogP contribution < -0.4 is 11.1 Å². The van der Waals surface area contributed by atoms with E-state index in [1.54, 1.807) is 42.6 Å². The lowest BCUT2D eigenvalue weighted by molar-refractivity contribution is 0.0827. The minimum Gasteiger partial charge on any atom is -0.380 e. The van der Waals surface area contributed by atoms with Crippen molar-refractivity contribution in [3.05, 3.63) is 51.7 Å². The van der Waals surface area contributed by atoms with Crippen molar-refractivity contribution in [3.8, 4) is 0 Å². The number of nitrogens with two attached hydrogens (primary N) is 1. The predicted molar refractivity (Wildman–Crippen MR) is 84.6 cm³/mol. The third kappa shape index (κ3) is 3.82. The maximum atomic E-state index is 11.8. The van der Waals surface area contributed by atoms with Gasteiger partial charge in [0.2, 0.25) is 5.91 Å². The first-order valence-corrected chi connectivity index (χ1v) is 7.28. The summed E-state index contributed by atoms with van der Waals surface area (Å²) in [6.07, 6.45) is 0.